The topological polar surface area (TPSA) is 93.9 Å². The van der Waals surface area contributed by atoms with Crippen molar-refractivity contribution in [3.63, 3.8) is 0 Å². The van der Waals surface area contributed by atoms with Gasteiger partial charge in [0.2, 0.25) is 0 Å². The maximum Gasteiger partial charge on any atom is 0.323 e. The van der Waals surface area contributed by atoms with Gasteiger partial charge in [0.25, 0.3) is 0 Å². The van der Waals surface area contributed by atoms with Crippen molar-refractivity contribution < 1.29 is 9.90 Å². The van der Waals surface area contributed by atoms with Crippen molar-refractivity contribution in [3.8, 4) is 0 Å². The fourth-order valence-electron chi connectivity index (χ4n) is 3.27. The summed E-state index contributed by atoms with van der Waals surface area (Å²) in [4.78, 5) is 16.8. The molecule has 0 aromatic heterocycles. The van der Waals surface area contributed by atoms with Crippen molar-refractivity contribution in [1.82, 2.24) is 4.90 Å². The molecule has 1 fully saturated rings. The van der Waals surface area contributed by atoms with E-state index in [0.717, 1.165) is 31.4 Å². The molecule has 2 aromatic carbocycles. The Hall–Kier alpha value is -3.19. The first-order valence-electron chi connectivity index (χ1n) is 9.27. The van der Waals surface area contributed by atoms with Crippen LogP contribution < -0.4 is 21.3 Å². The fraction of sp³-hybridized carbons (Fsp3) is 0.286. The second kappa shape index (κ2) is 8.67. The molecule has 5 N–H and O–H groups in total. The van der Waals surface area contributed by atoms with Crippen LogP contribution in [0.15, 0.2) is 54.7 Å². The highest BCUT2D eigenvalue weighted by Crippen LogP contribution is 2.24. The van der Waals surface area contributed by atoms with E-state index < -0.39 is 0 Å². The molecule has 3 rings (SSSR count). The quantitative estimate of drug-likeness (QED) is 0.597. The molecule has 1 heterocycles. The standard InChI is InChI=1S/C21H27N5O2/c1-25(2)19-11-12-26(14-19)18-9-7-17(8-10-18)24-21(28)23-16-5-3-15(4-6-16)20(27)13-22/h3-10,13,19,27H,11-12,14,22H2,1-2H3,(H2,23,24,28)/b20-13-. The smallest absolute Gasteiger partial charge is 0.323 e. The highest BCUT2D eigenvalue weighted by atomic mass is 16.3. The third-order valence-corrected chi connectivity index (χ3v) is 4.98. The molecule has 7 nitrogen and oxygen atoms in total. The van der Waals surface area contributed by atoms with Gasteiger partial charge in [-0.05, 0) is 69.0 Å². The third kappa shape index (κ3) is 4.75. The van der Waals surface area contributed by atoms with Crippen LogP contribution in [0, 0.1) is 0 Å². The molecular formula is C21H27N5O2. The molecule has 148 valence electrons. The van der Waals surface area contributed by atoms with Crippen LogP contribution in [0.4, 0.5) is 21.9 Å². The van der Waals surface area contributed by atoms with E-state index in [-0.39, 0.29) is 11.8 Å². The van der Waals surface area contributed by atoms with Crippen LogP contribution in [0.5, 0.6) is 0 Å². The molecule has 1 aliphatic rings. The van der Waals surface area contributed by atoms with Crippen LogP contribution in [0.1, 0.15) is 12.0 Å². The number of anilines is 3. The number of urea groups is 1. The number of hydrogen-bond acceptors (Lipinski definition) is 5. The average molecular weight is 381 g/mol. The molecule has 1 saturated heterocycles. The fourth-order valence-corrected chi connectivity index (χ4v) is 3.27. The minimum atomic E-state index is -0.326. The third-order valence-electron chi connectivity index (χ3n) is 4.98. The van der Waals surface area contributed by atoms with Crippen LogP contribution in [-0.4, -0.2) is 49.3 Å². The summed E-state index contributed by atoms with van der Waals surface area (Å²) >= 11 is 0. The summed E-state index contributed by atoms with van der Waals surface area (Å²) in [7, 11) is 4.23. The average Bonchev–Trinajstić information content (AvgIpc) is 3.19. The van der Waals surface area contributed by atoms with Crippen molar-refractivity contribution in [3.05, 3.63) is 60.3 Å². The Kier molecular flexibility index (Phi) is 6.06. The number of nitrogens with two attached hydrogens (primary N) is 1. The first-order valence-corrected chi connectivity index (χ1v) is 9.27. The molecular weight excluding hydrogens is 354 g/mol. The molecule has 1 aliphatic heterocycles. The van der Waals surface area contributed by atoms with Gasteiger partial charge in [-0.3, -0.25) is 0 Å². The number of aliphatic hydroxyl groups excluding tert-OH is 1. The monoisotopic (exact) mass is 381 g/mol. The number of benzene rings is 2. The van der Waals surface area contributed by atoms with Crippen molar-refractivity contribution in [1.29, 1.82) is 0 Å². The molecule has 1 unspecified atom stereocenters. The summed E-state index contributed by atoms with van der Waals surface area (Å²) < 4.78 is 0. The number of rotatable bonds is 5. The molecule has 1 atom stereocenters. The highest BCUT2D eigenvalue weighted by molar-refractivity contribution is 5.99. The molecule has 2 aromatic rings. The molecule has 7 heteroatoms. The normalized spacial score (nSPS) is 17.0. The highest BCUT2D eigenvalue weighted by Gasteiger charge is 2.23. The van der Waals surface area contributed by atoms with Gasteiger partial charge in [-0.2, -0.15) is 0 Å². The lowest BCUT2D eigenvalue weighted by molar-refractivity contribution is 0.262. The van der Waals surface area contributed by atoms with Gasteiger partial charge in [0.15, 0.2) is 0 Å². The zero-order valence-electron chi connectivity index (χ0n) is 16.2. The Bertz CT molecular complexity index is 831. The van der Waals surface area contributed by atoms with Gasteiger partial charge in [0.1, 0.15) is 5.76 Å². The number of carbonyl (C=O) groups excluding carboxylic acids is 1. The van der Waals surface area contributed by atoms with E-state index in [1.165, 1.54) is 5.69 Å². The molecule has 28 heavy (non-hydrogen) atoms. The van der Waals surface area contributed by atoms with Crippen LogP contribution in [-0.2, 0) is 0 Å². The lowest BCUT2D eigenvalue weighted by atomic mass is 10.2. The van der Waals surface area contributed by atoms with Gasteiger partial charge in [-0.25, -0.2) is 4.79 Å². The largest absolute Gasteiger partial charge is 0.506 e. The van der Waals surface area contributed by atoms with Crippen LogP contribution >= 0.6 is 0 Å². The van der Waals surface area contributed by atoms with E-state index in [9.17, 15) is 9.90 Å². The summed E-state index contributed by atoms with van der Waals surface area (Å²) in [6.07, 6.45) is 2.29. The summed E-state index contributed by atoms with van der Waals surface area (Å²) in [5.74, 6) is -0.00834. The van der Waals surface area contributed by atoms with Crippen LogP contribution in [0.3, 0.4) is 0 Å². The van der Waals surface area contributed by atoms with Crippen molar-refractivity contribution >= 4 is 28.9 Å². The Morgan fingerprint density at radius 1 is 1.11 bits per heavy atom. The Morgan fingerprint density at radius 3 is 2.18 bits per heavy atom. The van der Waals surface area contributed by atoms with Gasteiger partial charge < -0.3 is 31.3 Å². The first-order chi connectivity index (χ1) is 13.5. The minimum Gasteiger partial charge on any atom is -0.506 e. The van der Waals surface area contributed by atoms with Crippen LogP contribution in [0.25, 0.3) is 5.76 Å². The van der Waals surface area contributed by atoms with E-state index in [0.29, 0.717) is 17.3 Å². The zero-order chi connectivity index (χ0) is 20.1. The van der Waals surface area contributed by atoms with Gasteiger partial charge in [0, 0.05) is 48.0 Å². The molecule has 0 bridgehead atoms. The van der Waals surface area contributed by atoms with E-state index in [1.54, 1.807) is 24.3 Å². The molecule has 0 radical (unpaired) electrons. The van der Waals surface area contributed by atoms with Gasteiger partial charge in [0.05, 0.1) is 0 Å². The Labute approximate surface area is 165 Å². The number of amides is 2. The number of nitrogens with zero attached hydrogens (tertiary/aromatic N) is 2. The van der Waals surface area contributed by atoms with Crippen molar-refractivity contribution in [2.24, 2.45) is 5.73 Å². The predicted molar refractivity (Wildman–Crippen MR) is 115 cm³/mol. The van der Waals surface area contributed by atoms with Gasteiger partial charge in [-0.15, -0.1) is 0 Å². The van der Waals surface area contributed by atoms with E-state index >= 15 is 0 Å². The maximum absolute atomic E-state index is 12.2. The summed E-state index contributed by atoms with van der Waals surface area (Å²) in [6.45, 7) is 2.06. The number of hydrogen-bond donors (Lipinski definition) is 4. The van der Waals surface area contributed by atoms with Crippen LogP contribution in [0.2, 0.25) is 0 Å². The zero-order valence-corrected chi connectivity index (χ0v) is 16.2. The SMILES string of the molecule is CN(C)C1CCN(c2ccc(NC(=O)Nc3ccc(/C(O)=C/N)cc3)cc2)C1. The lowest BCUT2D eigenvalue weighted by Gasteiger charge is -2.22. The number of nitrogens with one attached hydrogen (secondary N) is 2. The van der Waals surface area contributed by atoms with E-state index in [2.05, 4.69) is 34.5 Å². The molecule has 0 aliphatic carbocycles. The summed E-state index contributed by atoms with van der Waals surface area (Å²) in [5, 5.41) is 15.2. The van der Waals surface area contributed by atoms with Crippen molar-refractivity contribution in [2.75, 3.05) is 42.7 Å². The number of carbonyl (C=O) groups is 1. The van der Waals surface area contributed by atoms with E-state index in [4.69, 9.17) is 5.73 Å². The second-order valence-corrected chi connectivity index (χ2v) is 7.11. The van der Waals surface area contributed by atoms with Crippen molar-refractivity contribution in [2.45, 2.75) is 12.5 Å². The first kappa shape index (κ1) is 19.6. The predicted octanol–water partition coefficient (Wildman–Crippen LogP) is 3.29. The Morgan fingerprint density at radius 2 is 1.68 bits per heavy atom. The molecule has 2 amide bonds. The summed E-state index contributed by atoms with van der Waals surface area (Å²) in [6, 6.07) is 14.9. The number of likely N-dealkylation sites (N-methyl/N-ethyl adjacent to an activating group) is 1. The maximum atomic E-state index is 12.2. The minimum absolute atomic E-state index is 0.00834. The van der Waals surface area contributed by atoms with Gasteiger partial charge in [-0.1, -0.05) is 0 Å². The molecule has 0 spiro atoms. The molecule has 0 saturated carbocycles. The summed E-state index contributed by atoms with van der Waals surface area (Å²) in [5.41, 5.74) is 8.38. The lowest BCUT2D eigenvalue weighted by Crippen LogP contribution is -2.31. The van der Waals surface area contributed by atoms with Gasteiger partial charge >= 0.3 is 6.03 Å². The number of aliphatic hydroxyl groups is 1. The Balaban J connectivity index is 1.54. The van der Waals surface area contributed by atoms with E-state index in [1.807, 2.05) is 24.3 Å². The second-order valence-electron chi connectivity index (χ2n) is 7.11.